The van der Waals surface area contributed by atoms with Gasteiger partial charge in [-0.3, -0.25) is 9.69 Å². The molecule has 1 aromatic carbocycles. The van der Waals surface area contributed by atoms with Crippen LogP contribution in [-0.4, -0.2) is 29.0 Å². The van der Waals surface area contributed by atoms with E-state index in [0.717, 1.165) is 42.0 Å². The van der Waals surface area contributed by atoms with Crippen LogP contribution in [0.25, 0.3) is 0 Å². The van der Waals surface area contributed by atoms with E-state index >= 15 is 0 Å². The van der Waals surface area contributed by atoms with Gasteiger partial charge in [0.2, 0.25) is 5.91 Å². The van der Waals surface area contributed by atoms with Gasteiger partial charge in [0, 0.05) is 24.1 Å². The van der Waals surface area contributed by atoms with E-state index in [1.807, 2.05) is 13.0 Å². The molecule has 1 heterocycles. The average Bonchev–Trinajstić information content (AvgIpc) is 2.41. The molecule has 4 nitrogen and oxygen atoms in total. The van der Waals surface area contributed by atoms with E-state index in [1.165, 1.54) is 0 Å². The van der Waals surface area contributed by atoms with E-state index in [4.69, 9.17) is 0 Å². The molecule has 19 heavy (non-hydrogen) atoms. The molecule has 1 aliphatic rings. The Bertz CT molecular complexity index is 493. The molecule has 0 radical (unpaired) electrons. The monoisotopic (exact) mass is 262 g/mol. The molecule has 1 aliphatic heterocycles. The molecular weight excluding hydrogens is 240 g/mol. The van der Waals surface area contributed by atoms with Gasteiger partial charge in [-0.15, -0.1) is 0 Å². The van der Waals surface area contributed by atoms with Crippen molar-refractivity contribution in [2.75, 3.05) is 18.4 Å². The van der Waals surface area contributed by atoms with Crippen LogP contribution in [0.4, 0.5) is 5.69 Å². The predicted molar refractivity (Wildman–Crippen MR) is 76.4 cm³/mol. The van der Waals surface area contributed by atoms with Crippen molar-refractivity contribution in [1.29, 1.82) is 0 Å². The molecule has 0 saturated carbocycles. The number of nitrogens with zero attached hydrogens (tertiary/aromatic N) is 1. The Hall–Kier alpha value is -1.55. The van der Waals surface area contributed by atoms with Crippen LogP contribution in [0.3, 0.4) is 0 Å². The number of aryl methyl sites for hydroxylation is 1. The van der Waals surface area contributed by atoms with E-state index in [2.05, 4.69) is 24.1 Å². The molecule has 0 aromatic heterocycles. The number of phenolic OH excluding ortho intramolecular Hbond substituents is 1. The second kappa shape index (κ2) is 5.61. The summed E-state index contributed by atoms with van der Waals surface area (Å²) in [6.45, 7) is 8.89. The number of rotatable bonds is 4. The molecule has 0 unspecified atom stereocenters. The Balaban J connectivity index is 2.37. The van der Waals surface area contributed by atoms with Crippen molar-refractivity contribution in [3.8, 4) is 5.75 Å². The summed E-state index contributed by atoms with van der Waals surface area (Å²) in [7, 11) is 0. The van der Waals surface area contributed by atoms with Gasteiger partial charge < -0.3 is 10.4 Å². The summed E-state index contributed by atoms with van der Waals surface area (Å²) in [4.78, 5) is 13.7. The molecule has 0 bridgehead atoms. The van der Waals surface area contributed by atoms with E-state index in [0.29, 0.717) is 18.6 Å². The van der Waals surface area contributed by atoms with Crippen molar-refractivity contribution in [3.05, 3.63) is 22.8 Å². The summed E-state index contributed by atoms with van der Waals surface area (Å²) in [5.41, 5.74) is 3.68. The van der Waals surface area contributed by atoms with Crippen molar-refractivity contribution in [3.63, 3.8) is 0 Å². The number of phenols is 1. The van der Waals surface area contributed by atoms with Crippen LogP contribution in [0.15, 0.2) is 6.07 Å². The molecule has 4 heteroatoms. The first kappa shape index (κ1) is 13.9. The third-order valence-corrected chi connectivity index (χ3v) is 3.83. The van der Waals surface area contributed by atoms with E-state index < -0.39 is 0 Å². The Morgan fingerprint density at radius 2 is 2.00 bits per heavy atom. The first-order chi connectivity index (χ1) is 9.06. The maximum absolute atomic E-state index is 11.4. The molecule has 104 valence electrons. The molecule has 2 rings (SSSR count). The Morgan fingerprint density at radius 3 is 2.63 bits per heavy atom. The number of carbonyl (C=O) groups is 1. The quantitative estimate of drug-likeness (QED) is 0.876. The summed E-state index contributed by atoms with van der Waals surface area (Å²) in [6, 6.07) is 1.98. The summed E-state index contributed by atoms with van der Waals surface area (Å²) in [6.07, 6.45) is 1.08. The molecule has 0 spiro atoms. The van der Waals surface area contributed by atoms with Gasteiger partial charge in [-0.1, -0.05) is 13.8 Å². The van der Waals surface area contributed by atoms with Gasteiger partial charge in [0.1, 0.15) is 5.75 Å². The number of aromatic hydroxyl groups is 1. The minimum absolute atomic E-state index is 0.0338. The zero-order chi connectivity index (χ0) is 14.0. The second-order valence-electron chi connectivity index (χ2n) is 5.06. The van der Waals surface area contributed by atoms with Crippen LogP contribution in [-0.2, 0) is 17.8 Å². The molecule has 0 atom stereocenters. The number of carbonyl (C=O) groups excluding carboxylic acids is 1. The zero-order valence-electron chi connectivity index (χ0n) is 11.9. The number of hydrogen-bond donors (Lipinski definition) is 2. The minimum atomic E-state index is 0.0338. The van der Waals surface area contributed by atoms with Crippen LogP contribution in [0, 0.1) is 6.92 Å². The first-order valence-corrected chi connectivity index (χ1v) is 6.93. The van der Waals surface area contributed by atoms with Crippen molar-refractivity contribution in [2.45, 2.75) is 40.2 Å². The zero-order valence-corrected chi connectivity index (χ0v) is 11.9. The van der Waals surface area contributed by atoms with Gasteiger partial charge in [0.15, 0.2) is 0 Å². The molecule has 0 saturated heterocycles. The van der Waals surface area contributed by atoms with Gasteiger partial charge in [-0.25, -0.2) is 0 Å². The molecule has 0 fully saturated rings. The van der Waals surface area contributed by atoms with Crippen LogP contribution in [0.5, 0.6) is 5.75 Å². The highest BCUT2D eigenvalue weighted by atomic mass is 16.3. The van der Waals surface area contributed by atoms with E-state index in [9.17, 15) is 9.90 Å². The number of benzene rings is 1. The fourth-order valence-corrected chi connectivity index (χ4v) is 2.62. The Morgan fingerprint density at radius 1 is 1.32 bits per heavy atom. The Kier molecular flexibility index (Phi) is 4.10. The lowest BCUT2D eigenvalue weighted by atomic mass is 9.95. The molecule has 1 amide bonds. The molecule has 1 aromatic rings. The first-order valence-electron chi connectivity index (χ1n) is 6.93. The van der Waals surface area contributed by atoms with Gasteiger partial charge in [-0.2, -0.15) is 0 Å². The van der Waals surface area contributed by atoms with Crippen molar-refractivity contribution < 1.29 is 9.90 Å². The van der Waals surface area contributed by atoms with Gasteiger partial charge >= 0.3 is 0 Å². The largest absolute Gasteiger partial charge is 0.507 e. The molecule has 2 N–H and O–H groups in total. The summed E-state index contributed by atoms with van der Waals surface area (Å²) < 4.78 is 0. The number of nitrogens with one attached hydrogen (secondary N) is 1. The fraction of sp³-hybridized carbons (Fsp3) is 0.533. The lowest BCUT2D eigenvalue weighted by molar-refractivity contribution is -0.116. The summed E-state index contributed by atoms with van der Waals surface area (Å²) in [5, 5.41) is 13.3. The second-order valence-corrected chi connectivity index (χ2v) is 5.06. The van der Waals surface area contributed by atoms with E-state index in [-0.39, 0.29) is 5.91 Å². The SMILES string of the molecule is CCN(CC)Cc1cc(C)c2c(c1O)CCC(=O)N2. The number of hydrogen-bond acceptors (Lipinski definition) is 3. The minimum Gasteiger partial charge on any atom is -0.507 e. The smallest absolute Gasteiger partial charge is 0.224 e. The van der Waals surface area contributed by atoms with Crippen molar-refractivity contribution >= 4 is 11.6 Å². The van der Waals surface area contributed by atoms with Crippen LogP contribution in [0.1, 0.15) is 37.0 Å². The highest BCUT2D eigenvalue weighted by molar-refractivity contribution is 5.95. The van der Waals surface area contributed by atoms with Crippen LogP contribution in [0.2, 0.25) is 0 Å². The fourth-order valence-electron chi connectivity index (χ4n) is 2.62. The molecule has 0 aliphatic carbocycles. The number of amides is 1. The topological polar surface area (TPSA) is 52.6 Å². The maximum atomic E-state index is 11.4. The van der Waals surface area contributed by atoms with Crippen LogP contribution < -0.4 is 5.32 Å². The van der Waals surface area contributed by atoms with Crippen molar-refractivity contribution in [1.82, 2.24) is 4.90 Å². The van der Waals surface area contributed by atoms with Crippen molar-refractivity contribution in [2.24, 2.45) is 0 Å². The summed E-state index contributed by atoms with van der Waals surface area (Å²) in [5.74, 6) is 0.388. The Labute approximate surface area is 114 Å². The third-order valence-electron chi connectivity index (χ3n) is 3.83. The maximum Gasteiger partial charge on any atom is 0.224 e. The summed E-state index contributed by atoms with van der Waals surface area (Å²) >= 11 is 0. The highest BCUT2D eigenvalue weighted by Crippen LogP contribution is 2.36. The predicted octanol–water partition coefficient (Wildman–Crippen LogP) is 2.43. The number of anilines is 1. The van der Waals surface area contributed by atoms with Gasteiger partial charge in [0.25, 0.3) is 0 Å². The van der Waals surface area contributed by atoms with E-state index in [1.54, 1.807) is 0 Å². The van der Waals surface area contributed by atoms with Crippen LogP contribution >= 0.6 is 0 Å². The highest BCUT2D eigenvalue weighted by Gasteiger charge is 2.22. The lowest BCUT2D eigenvalue weighted by Crippen LogP contribution is -2.24. The standard InChI is InChI=1S/C15H22N2O2/c1-4-17(5-2)9-11-8-10(3)14-12(15(11)19)6-7-13(18)16-14/h8,19H,4-7,9H2,1-3H3,(H,16,18). The number of fused-ring (bicyclic) bond motifs is 1. The normalized spacial score (nSPS) is 14.4. The lowest BCUT2D eigenvalue weighted by Gasteiger charge is -2.24. The molecular formula is C15H22N2O2. The van der Waals surface area contributed by atoms with Gasteiger partial charge in [-0.05, 0) is 38.1 Å². The third kappa shape index (κ3) is 2.73. The van der Waals surface area contributed by atoms with Gasteiger partial charge in [0.05, 0.1) is 5.69 Å². The average molecular weight is 262 g/mol.